The number of fused-ring (bicyclic) bond motifs is 1. The molecule has 0 atom stereocenters. The van der Waals surface area contributed by atoms with Crippen molar-refractivity contribution in [2.45, 2.75) is 17.9 Å². The van der Waals surface area contributed by atoms with E-state index in [9.17, 15) is 22.0 Å². The molecule has 28 heavy (non-hydrogen) atoms. The number of alkyl halides is 2. The summed E-state index contributed by atoms with van der Waals surface area (Å²) in [6.07, 6.45) is 1.92. The minimum Gasteiger partial charge on any atom is -0.496 e. The number of hydrogen-bond donors (Lipinski definition) is 1. The van der Waals surface area contributed by atoms with Crippen LogP contribution in [-0.4, -0.2) is 37.5 Å². The third-order valence-electron chi connectivity index (χ3n) is 4.03. The highest BCUT2D eigenvalue weighted by atomic mass is 32.2. The number of hydrogen-bond acceptors (Lipinski definition) is 5. The second-order valence-corrected chi connectivity index (χ2v) is 8.09. The van der Waals surface area contributed by atoms with Gasteiger partial charge in [0.05, 0.1) is 23.9 Å². The normalized spacial score (nSPS) is 11.8. The van der Waals surface area contributed by atoms with Crippen LogP contribution >= 0.6 is 0 Å². The van der Waals surface area contributed by atoms with Crippen LogP contribution in [-0.2, 0) is 21.1 Å². The molecule has 0 radical (unpaired) electrons. The first-order chi connectivity index (χ1) is 13.2. The van der Waals surface area contributed by atoms with Gasteiger partial charge in [-0.2, -0.15) is 13.9 Å². The molecule has 10 heteroatoms. The van der Waals surface area contributed by atoms with Crippen LogP contribution in [0.1, 0.15) is 12.1 Å². The summed E-state index contributed by atoms with van der Waals surface area (Å²) in [5, 5.41) is 6.35. The Morgan fingerprint density at radius 3 is 2.64 bits per heavy atom. The fourth-order valence-electron chi connectivity index (χ4n) is 2.82. The highest BCUT2D eigenvalue weighted by molar-refractivity contribution is 7.91. The van der Waals surface area contributed by atoms with Gasteiger partial charge >= 0.3 is 6.55 Å². The summed E-state index contributed by atoms with van der Waals surface area (Å²) < 4.78 is 55.6. The molecule has 0 aliphatic heterocycles. The van der Waals surface area contributed by atoms with Gasteiger partial charge in [0.25, 0.3) is 0 Å². The number of carbonyl (C=O) groups is 1. The van der Waals surface area contributed by atoms with E-state index in [0.717, 1.165) is 12.5 Å². The van der Waals surface area contributed by atoms with Gasteiger partial charge in [-0.3, -0.25) is 4.79 Å². The second kappa shape index (κ2) is 7.55. The molecule has 1 amide bonds. The smallest absolute Gasteiger partial charge is 0.333 e. The highest BCUT2D eigenvalue weighted by Crippen LogP contribution is 2.28. The van der Waals surface area contributed by atoms with Crippen LogP contribution in [0.3, 0.4) is 0 Å². The molecule has 0 spiro atoms. The van der Waals surface area contributed by atoms with Crippen molar-refractivity contribution in [3.63, 3.8) is 0 Å². The van der Waals surface area contributed by atoms with Gasteiger partial charge in [0.1, 0.15) is 5.75 Å². The largest absolute Gasteiger partial charge is 0.496 e. The lowest BCUT2D eigenvalue weighted by Gasteiger charge is -2.10. The molecule has 2 aromatic carbocycles. The number of anilines is 1. The molecule has 1 aromatic heterocycles. The van der Waals surface area contributed by atoms with Crippen LogP contribution in [0.2, 0.25) is 0 Å². The summed E-state index contributed by atoms with van der Waals surface area (Å²) in [7, 11) is -2.25. The number of carbonyl (C=O) groups excluding carboxylic acids is 1. The van der Waals surface area contributed by atoms with E-state index in [1.54, 1.807) is 24.3 Å². The third kappa shape index (κ3) is 4.11. The average Bonchev–Trinajstić information content (AvgIpc) is 3.04. The predicted molar refractivity (Wildman–Crippen MR) is 99.4 cm³/mol. The molecule has 148 valence electrons. The number of amides is 1. The third-order valence-corrected chi connectivity index (χ3v) is 5.17. The number of sulfone groups is 1. The van der Waals surface area contributed by atoms with E-state index in [0.29, 0.717) is 16.0 Å². The number of rotatable bonds is 6. The molecule has 0 bridgehead atoms. The summed E-state index contributed by atoms with van der Waals surface area (Å²) >= 11 is 0. The fourth-order valence-corrected chi connectivity index (χ4v) is 3.71. The van der Waals surface area contributed by atoms with E-state index in [2.05, 4.69) is 10.4 Å². The van der Waals surface area contributed by atoms with Gasteiger partial charge in [0.2, 0.25) is 5.91 Å². The Balaban J connectivity index is 1.95. The second-order valence-electron chi connectivity index (χ2n) is 6.10. The molecular weight excluding hydrogens is 392 g/mol. The van der Waals surface area contributed by atoms with Gasteiger partial charge in [-0.1, -0.05) is 18.2 Å². The van der Waals surface area contributed by atoms with Crippen molar-refractivity contribution >= 4 is 32.3 Å². The topological polar surface area (TPSA) is 90.3 Å². The standard InChI is InChI=1S/C18H17F2N3O4S/c1-27-15-6-4-3-5-11(15)7-17(24)21-12-8-14-13(10-23(22-14)18(19)20)16(9-12)28(2,25)26/h3-6,8-10,18H,7H2,1-2H3,(H,21,24). The van der Waals surface area contributed by atoms with E-state index < -0.39 is 22.3 Å². The van der Waals surface area contributed by atoms with E-state index >= 15 is 0 Å². The SMILES string of the molecule is COc1ccccc1CC(=O)Nc1cc(S(C)(=O)=O)c2cn(C(F)F)nc2c1. The van der Waals surface area contributed by atoms with Crippen LogP contribution in [0.4, 0.5) is 14.5 Å². The average molecular weight is 409 g/mol. The van der Waals surface area contributed by atoms with Crippen molar-refractivity contribution in [1.29, 1.82) is 0 Å². The number of benzene rings is 2. The first kappa shape index (κ1) is 19.7. The molecular formula is C18H17F2N3O4S. The molecule has 1 N–H and O–H groups in total. The summed E-state index contributed by atoms with van der Waals surface area (Å²) in [6, 6.07) is 9.56. The van der Waals surface area contributed by atoms with Crippen molar-refractivity contribution in [3.05, 3.63) is 48.2 Å². The molecule has 3 aromatic rings. The number of halogens is 2. The lowest BCUT2D eigenvalue weighted by atomic mass is 10.1. The maximum Gasteiger partial charge on any atom is 0.333 e. The quantitative estimate of drug-likeness (QED) is 0.676. The predicted octanol–water partition coefficient (Wildman–Crippen LogP) is 3.02. The Kier molecular flexibility index (Phi) is 5.32. The van der Waals surface area contributed by atoms with Crippen molar-refractivity contribution in [1.82, 2.24) is 9.78 Å². The van der Waals surface area contributed by atoms with Gasteiger partial charge in [-0.15, -0.1) is 0 Å². The van der Waals surface area contributed by atoms with E-state index in [4.69, 9.17) is 4.74 Å². The number of methoxy groups -OCH3 is 1. The summed E-state index contributed by atoms with van der Waals surface area (Å²) in [5.41, 5.74) is 0.831. The van der Waals surface area contributed by atoms with Crippen molar-refractivity contribution < 1.29 is 26.7 Å². The number of nitrogens with one attached hydrogen (secondary N) is 1. The zero-order valence-electron chi connectivity index (χ0n) is 15.0. The van der Waals surface area contributed by atoms with Gasteiger partial charge < -0.3 is 10.1 Å². The van der Waals surface area contributed by atoms with Crippen LogP contribution in [0.15, 0.2) is 47.5 Å². The molecule has 0 aliphatic carbocycles. The zero-order valence-corrected chi connectivity index (χ0v) is 15.8. The van der Waals surface area contributed by atoms with Crippen LogP contribution < -0.4 is 10.1 Å². The molecule has 0 aliphatic rings. The molecule has 3 rings (SSSR count). The highest BCUT2D eigenvalue weighted by Gasteiger charge is 2.19. The molecule has 0 saturated heterocycles. The fraction of sp³-hybridized carbons (Fsp3) is 0.222. The van der Waals surface area contributed by atoms with Gasteiger partial charge in [-0.05, 0) is 18.2 Å². The summed E-state index contributed by atoms with van der Waals surface area (Å²) in [4.78, 5) is 12.2. The van der Waals surface area contributed by atoms with Crippen LogP contribution in [0, 0.1) is 0 Å². The lowest BCUT2D eigenvalue weighted by Crippen LogP contribution is -2.15. The minimum absolute atomic E-state index is 0.0122. The first-order valence-corrected chi connectivity index (χ1v) is 10.0. The zero-order chi connectivity index (χ0) is 20.5. The maximum absolute atomic E-state index is 12.9. The Morgan fingerprint density at radius 1 is 1.29 bits per heavy atom. The molecule has 7 nitrogen and oxygen atoms in total. The number of para-hydroxylation sites is 1. The van der Waals surface area contributed by atoms with Crippen molar-refractivity contribution in [2.24, 2.45) is 0 Å². The molecule has 0 fully saturated rings. The monoisotopic (exact) mass is 409 g/mol. The number of aromatic nitrogens is 2. The van der Waals surface area contributed by atoms with E-state index in [1.807, 2.05) is 0 Å². The van der Waals surface area contributed by atoms with Gasteiger partial charge in [0, 0.05) is 29.1 Å². The van der Waals surface area contributed by atoms with E-state index in [1.165, 1.54) is 19.2 Å². The molecule has 0 unspecified atom stereocenters. The molecule has 1 heterocycles. The Hall–Kier alpha value is -3.01. The van der Waals surface area contributed by atoms with Gasteiger partial charge in [0.15, 0.2) is 9.84 Å². The first-order valence-electron chi connectivity index (χ1n) is 8.12. The maximum atomic E-state index is 12.9. The Bertz CT molecular complexity index is 1140. The summed E-state index contributed by atoms with van der Waals surface area (Å²) in [5.74, 6) is 0.122. The number of nitrogens with zero attached hydrogens (tertiary/aromatic N) is 2. The molecule has 0 saturated carbocycles. The lowest BCUT2D eigenvalue weighted by molar-refractivity contribution is -0.115. The van der Waals surface area contributed by atoms with E-state index in [-0.39, 0.29) is 27.9 Å². The van der Waals surface area contributed by atoms with Gasteiger partial charge in [-0.25, -0.2) is 13.1 Å². The number of ether oxygens (including phenoxy) is 1. The summed E-state index contributed by atoms with van der Waals surface area (Å²) in [6.45, 7) is -2.91. The Morgan fingerprint density at radius 2 is 2.00 bits per heavy atom. The van der Waals surface area contributed by atoms with Crippen LogP contribution in [0.5, 0.6) is 5.75 Å². The minimum atomic E-state index is -3.74. The van der Waals surface area contributed by atoms with Crippen molar-refractivity contribution in [3.8, 4) is 5.75 Å². The van der Waals surface area contributed by atoms with Crippen LogP contribution in [0.25, 0.3) is 10.9 Å². The van der Waals surface area contributed by atoms with Crippen molar-refractivity contribution in [2.75, 3.05) is 18.7 Å². The Labute approximate surface area is 159 Å².